The quantitative estimate of drug-likeness (QED) is 0.756. The maximum absolute atomic E-state index is 12.1. The largest absolute Gasteiger partial charge is 0.494 e. The highest BCUT2D eigenvalue weighted by atomic mass is 32.2. The van der Waals surface area contributed by atoms with Crippen LogP contribution in [0, 0.1) is 0 Å². The van der Waals surface area contributed by atoms with Crippen molar-refractivity contribution >= 4 is 29.0 Å². The molecule has 1 aromatic heterocycles. The van der Waals surface area contributed by atoms with Crippen LogP contribution >= 0.6 is 23.1 Å². The van der Waals surface area contributed by atoms with Gasteiger partial charge in [0.25, 0.3) is 0 Å². The van der Waals surface area contributed by atoms with Crippen LogP contribution in [0.1, 0.15) is 40.3 Å². The van der Waals surface area contributed by atoms with Crippen molar-refractivity contribution < 1.29 is 9.53 Å². The zero-order chi connectivity index (χ0) is 18.4. The lowest BCUT2D eigenvalue weighted by atomic mass is 10.1. The maximum atomic E-state index is 12.1. The van der Waals surface area contributed by atoms with E-state index >= 15 is 0 Å². The minimum Gasteiger partial charge on any atom is -0.494 e. The molecule has 2 aromatic rings. The van der Waals surface area contributed by atoms with Gasteiger partial charge in [0.2, 0.25) is 5.91 Å². The monoisotopic (exact) mass is 378 g/mol. The van der Waals surface area contributed by atoms with Gasteiger partial charge in [-0.1, -0.05) is 0 Å². The van der Waals surface area contributed by atoms with Crippen molar-refractivity contribution in [2.45, 2.75) is 51.2 Å². The Kier molecular flexibility index (Phi) is 6.90. The molecule has 1 N–H and O–H groups in total. The van der Waals surface area contributed by atoms with E-state index in [1.54, 1.807) is 23.1 Å². The molecule has 0 radical (unpaired) electrons. The van der Waals surface area contributed by atoms with Gasteiger partial charge in [-0.15, -0.1) is 23.1 Å². The molecule has 0 bridgehead atoms. The Balaban J connectivity index is 1.92. The first-order chi connectivity index (χ1) is 11.8. The number of carbonyl (C=O) groups excluding carboxylic acids is 1. The SMILES string of the molecule is CCOc1ccc(-c2nc(CS[C@H](C)C(=O)NC(C)(C)C)cs2)cc1. The van der Waals surface area contributed by atoms with Crippen LogP contribution < -0.4 is 10.1 Å². The molecule has 1 heterocycles. The number of ether oxygens (including phenoxy) is 1. The molecule has 0 fully saturated rings. The van der Waals surface area contributed by atoms with E-state index < -0.39 is 0 Å². The summed E-state index contributed by atoms with van der Waals surface area (Å²) in [5.74, 6) is 1.67. The summed E-state index contributed by atoms with van der Waals surface area (Å²) in [4.78, 5) is 16.8. The van der Waals surface area contributed by atoms with E-state index in [-0.39, 0.29) is 16.7 Å². The van der Waals surface area contributed by atoms with Gasteiger partial charge in [0, 0.05) is 22.2 Å². The zero-order valence-corrected chi connectivity index (χ0v) is 17.1. The first-order valence-electron chi connectivity index (χ1n) is 8.40. The maximum Gasteiger partial charge on any atom is 0.233 e. The Hall–Kier alpha value is -1.53. The second-order valence-electron chi connectivity index (χ2n) is 6.79. The number of benzene rings is 1. The summed E-state index contributed by atoms with van der Waals surface area (Å²) in [6.07, 6.45) is 0. The lowest BCUT2D eigenvalue weighted by Crippen LogP contribution is -2.44. The van der Waals surface area contributed by atoms with Crippen LogP contribution in [0.15, 0.2) is 29.6 Å². The highest BCUT2D eigenvalue weighted by Gasteiger charge is 2.19. The highest BCUT2D eigenvalue weighted by Crippen LogP contribution is 2.28. The molecule has 2 rings (SSSR count). The van der Waals surface area contributed by atoms with E-state index in [1.807, 2.05) is 58.9 Å². The zero-order valence-electron chi connectivity index (χ0n) is 15.5. The molecule has 25 heavy (non-hydrogen) atoms. The number of hydrogen-bond donors (Lipinski definition) is 1. The van der Waals surface area contributed by atoms with Crippen LogP contribution in [0.3, 0.4) is 0 Å². The van der Waals surface area contributed by atoms with Gasteiger partial charge in [0.05, 0.1) is 17.6 Å². The summed E-state index contributed by atoms with van der Waals surface area (Å²) >= 11 is 3.23. The van der Waals surface area contributed by atoms with Crippen LogP contribution in [0.4, 0.5) is 0 Å². The van der Waals surface area contributed by atoms with Crippen molar-refractivity contribution in [3.05, 3.63) is 35.3 Å². The molecule has 0 aliphatic rings. The Morgan fingerprint density at radius 1 is 1.32 bits per heavy atom. The van der Waals surface area contributed by atoms with E-state index in [9.17, 15) is 4.79 Å². The molecule has 0 spiro atoms. The van der Waals surface area contributed by atoms with Gasteiger partial charge in [0.1, 0.15) is 10.8 Å². The molecule has 6 heteroatoms. The third-order valence-corrected chi connectivity index (χ3v) is 5.43. The molecule has 136 valence electrons. The Morgan fingerprint density at radius 3 is 2.60 bits per heavy atom. The van der Waals surface area contributed by atoms with Crippen LogP contribution in [0.25, 0.3) is 10.6 Å². The van der Waals surface area contributed by atoms with Gasteiger partial charge in [-0.2, -0.15) is 0 Å². The van der Waals surface area contributed by atoms with E-state index in [1.165, 1.54) is 0 Å². The summed E-state index contributed by atoms with van der Waals surface area (Å²) in [5.41, 5.74) is 1.89. The second-order valence-corrected chi connectivity index (χ2v) is 8.98. The molecule has 4 nitrogen and oxygen atoms in total. The van der Waals surface area contributed by atoms with Crippen molar-refractivity contribution in [2.24, 2.45) is 0 Å². The molecule has 1 atom stereocenters. The van der Waals surface area contributed by atoms with E-state index in [0.717, 1.165) is 27.8 Å². The fourth-order valence-electron chi connectivity index (χ4n) is 2.12. The molecule has 0 aliphatic heterocycles. The van der Waals surface area contributed by atoms with Crippen molar-refractivity contribution in [3.63, 3.8) is 0 Å². The van der Waals surface area contributed by atoms with Crippen molar-refractivity contribution in [1.29, 1.82) is 0 Å². The number of thiazole rings is 1. The summed E-state index contributed by atoms with van der Waals surface area (Å²) < 4.78 is 5.47. The number of nitrogens with zero attached hydrogens (tertiary/aromatic N) is 1. The van der Waals surface area contributed by atoms with Crippen LogP contribution in [0.5, 0.6) is 5.75 Å². The number of rotatable bonds is 7. The second kappa shape index (κ2) is 8.72. The summed E-state index contributed by atoms with van der Waals surface area (Å²) in [6, 6.07) is 7.99. The van der Waals surface area contributed by atoms with Gasteiger partial charge in [0.15, 0.2) is 0 Å². The Bertz CT molecular complexity index is 690. The molecule has 0 unspecified atom stereocenters. The molecule has 1 aromatic carbocycles. The van der Waals surface area contributed by atoms with Gasteiger partial charge in [-0.3, -0.25) is 4.79 Å². The molecular weight excluding hydrogens is 352 g/mol. The molecule has 0 aliphatic carbocycles. The normalized spacial score (nSPS) is 12.7. The predicted octanol–water partition coefficient (Wildman–Crippen LogP) is 4.75. The number of carbonyl (C=O) groups is 1. The summed E-state index contributed by atoms with van der Waals surface area (Å²) in [7, 11) is 0. The molecule has 0 saturated heterocycles. The van der Waals surface area contributed by atoms with Gasteiger partial charge >= 0.3 is 0 Å². The Morgan fingerprint density at radius 2 is 2.00 bits per heavy atom. The van der Waals surface area contributed by atoms with Crippen LogP contribution in [0.2, 0.25) is 0 Å². The van der Waals surface area contributed by atoms with Crippen LogP contribution in [-0.2, 0) is 10.5 Å². The molecule has 0 saturated carbocycles. The minimum atomic E-state index is -0.201. The average molecular weight is 379 g/mol. The van der Waals surface area contributed by atoms with E-state index in [4.69, 9.17) is 4.74 Å². The third kappa shape index (κ3) is 6.36. The fraction of sp³-hybridized carbons (Fsp3) is 0.474. The lowest BCUT2D eigenvalue weighted by Gasteiger charge is -2.22. The molecular formula is C19H26N2O2S2. The molecule has 1 amide bonds. The predicted molar refractivity (Wildman–Crippen MR) is 107 cm³/mol. The summed E-state index contributed by atoms with van der Waals surface area (Å²) in [6.45, 7) is 10.6. The van der Waals surface area contributed by atoms with Gasteiger partial charge in [-0.05, 0) is 58.9 Å². The van der Waals surface area contributed by atoms with E-state index in [2.05, 4.69) is 15.7 Å². The minimum absolute atomic E-state index is 0.0689. The van der Waals surface area contributed by atoms with E-state index in [0.29, 0.717) is 6.61 Å². The van der Waals surface area contributed by atoms with Crippen molar-refractivity contribution in [2.75, 3.05) is 6.61 Å². The van der Waals surface area contributed by atoms with Gasteiger partial charge < -0.3 is 10.1 Å². The summed E-state index contributed by atoms with van der Waals surface area (Å²) in [5, 5.41) is 5.96. The number of thioether (sulfide) groups is 1. The number of nitrogens with one attached hydrogen (secondary N) is 1. The standard InChI is InChI=1S/C19H26N2O2S2/c1-6-23-16-9-7-14(8-10-16)18-20-15(12-25-18)11-24-13(2)17(22)21-19(3,4)5/h7-10,12-13H,6,11H2,1-5H3,(H,21,22)/t13-/m1/s1. The number of amides is 1. The van der Waals surface area contributed by atoms with Crippen molar-refractivity contribution in [1.82, 2.24) is 10.3 Å². The Labute approximate surface area is 158 Å². The number of aromatic nitrogens is 1. The lowest BCUT2D eigenvalue weighted by molar-refractivity contribution is -0.121. The van der Waals surface area contributed by atoms with Gasteiger partial charge in [-0.25, -0.2) is 4.98 Å². The third-order valence-electron chi connectivity index (χ3n) is 3.31. The first-order valence-corrected chi connectivity index (χ1v) is 10.3. The fourth-order valence-corrected chi connectivity index (χ4v) is 3.83. The van der Waals surface area contributed by atoms with Crippen LogP contribution in [-0.4, -0.2) is 28.3 Å². The van der Waals surface area contributed by atoms with Crippen molar-refractivity contribution in [3.8, 4) is 16.3 Å². The topological polar surface area (TPSA) is 51.2 Å². The average Bonchev–Trinajstić information content (AvgIpc) is 3.01. The number of hydrogen-bond acceptors (Lipinski definition) is 5. The smallest absolute Gasteiger partial charge is 0.233 e. The highest BCUT2D eigenvalue weighted by molar-refractivity contribution is 7.99. The first kappa shape index (κ1) is 19.8.